The number of carbonyl (C=O) groups excluding carboxylic acids is 3. The van der Waals surface area contributed by atoms with Crippen molar-refractivity contribution in [3.05, 3.63) is 54.1 Å². The number of methoxy groups -OCH3 is 1. The zero-order chi connectivity index (χ0) is 38.3. The van der Waals surface area contributed by atoms with Gasteiger partial charge in [0.1, 0.15) is 22.6 Å². The Kier molecular flexibility index (Phi) is 14.0. The first-order valence-corrected chi connectivity index (χ1v) is 19.6. The van der Waals surface area contributed by atoms with Crippen LogP contribution in [0.1, 0.15) is 94.1 Å². The van der Waals surface area contributed by atoms with Crippen molar-refractivity contribution in [2.75, 3.05) is 39.5 Å². The van der Waals surface area contributed by atoms with Crippen molar-refractivity contribution in [2.45, 2.75) is 117 Å². The van der Waals surface area contributed by atoms with E-state index in [-0.39, 0.29) is 32.3 Å². The molecule has 2 aromatic carbocycles. The summed E-state index contributed by atoms with van der Waals surface area (Å²) in [5.41, 5.74) is 0.625. The standard InChI is InChI=1S/C39H59N2O9P/c1-12-47-51(45)26-25-40(27-30-17-13-14-18-32(30)29-19-21-31(46-11)22-20-29)28-39(51,33(42)48-36(2,3)4)23-15-16-24-41(34(43)49-37(5,6)7)35(44)50-38(8,9)10/h13-14,17-22H,12,15-16,23-28H2,1-11H3. The van der Waals surface area contributed by atoms with Crippen molar-refractivity contribution in [3.8, 4) is 16.9 Å². The molecule has 1 saturated heterocycles. The van der Waals surface area contributed by atoms with Crippen LogP contribution in [0.4, 0.5) is 9.59 Å². The third-order valence-electron chi connectivity index (χ3n) is 8.23. The lowest BCUT2D eigenvalue weighted by atomic mass is 9.96. The first kappa shape index (κ1) is 42.0. The summed E-state index contributed by atoms with van der Waals surface area (Å²) in [6.07, 6.45) is -0.667. The highest BCUT2D eigenvalue weighted by Crippen LogP contribution is 2.64. The minimum absolute atomic E-state index is 0.0217. The second-order valence-corrected chi connectivity index (χ2v) is 18.9. The summed E-state index contributed by atoms with van der Waals surface area (Å²) < 4.78 is 43.4. The number of ether oxygens (including phenoxy) is 4. The third-order valence-corrected chi connectivity index (χ3v) is 11.5. The summed E-state index contributed by atoms with van der Waals surface area (Å²) in [5, 5.41) is -1.48. The first-order valence-electron chi connectivity index (χ1n) is 17.8. The second-order valence-electron chi connectivity index (χ2n) is 16.0. The molecule has 1 aliphatic rings. The Labute approximate surface area is 304 Å². The number of hydrogen-bond acceptors (Lipinski definition) is 10. The van der Waals surface area contributed by atoms with E-state index in [0.29, 0.717) is 25.9 Å². The van der Waals surface area contributed by atoms with E-state index in [1.54, 1.807) is 76.3 Å². The van der Waals surface area contributed by atoms with Gasteiger partial charge in [-0.2, -0.15) is 0 Å². The smallest absolute Gasteiger partial charge is 0.419 e. The molecule has 0 radical (unpaired) electrons. The van der Waals surface area contributed by atoms with E-state index in [1.807, 2.05) is 36.4 Å². The summed E-state index contributed by atoms with van der Waals surface area (Å²) in [6, 6.07) is 16.0. The molecule has 2 aromatic rings. The van der Waals surface area contributed by atoms with E-state index in [0.717, 1.165) is 27.3 Å². The number of esters is 1. The number of hydrogen-bond donors (Lipinski definition) is 0. The van der Waals surface area contributed by atoms with E-state index in [1.165, 1.54) is 0 Å². The molecule has 0 N–H and O–H groups in total. The van der Waals surface area contributed by atoms with Gasteiger partial charge in [0.25, 0.3) is 0 Å². The molecule has 11 nitrogen and oxygen atoms in total. The minimum Gasteiger partial charge on any atom is -0.497 e. The normalized spacial score (nSPS) is 20.0. The highest BCUT2D eigenvalue weighted by atomic mass is 31.2. The molecule has 0 aromatic heterocycles. The molecule has 0 bridgehead atoms. The van der Waals surface area contributed by atoms with Gasteiger partial charge in [0.2, 0.25) is 7.37 Å². The van der Waals surface area contributed by atoms with E-state index in [9.17, 15) is 18.9 Å². The zero-order valence-corrected chi connectivity index (χ0v) is 33.4. The number of unbranched alkanes of at least 4 members (excludes halogenated alkanes) is 1. The van der Waals surface area contributed by atoms with Gasteiger partial charge < -0.3 is 23.5 Å². The maximum absolute atomic E-state index is 14.9. The van der Waals surface area contributed by atoms with E-state index < -0.39 is 47.5 Å². The number of carbonyl (C=O) groups is 3. The summed E-state index contributed by atoms with van der Waals surface area (Å²) >= 11 is 0. The van der Waals surface area contributed by atoms with Gasteiger partial charge in [-0.25, -0.2) is 14.5 Å². The number of nitrogens with zero attached hydrogens (tertiary/aromatic N) is 2. The van der Waals surface area contributed by atoms with Gasteiger partial charge in [0, 0.05) is 32.3 Å². The largest absolute Gasteiger partial charge is 0.497 e. The second kappa shape index (κ2) is 17.0. The molecule has 2 amide bonds. The predicted molar refractivity (Wildman–Crippen MR) is 199 cm³/mol. The Morgan fingerprint density at radius 2 is 1.39 bits per heavy atom. The lowest BCUT2D eigenvalue weighted by molar-refractivity contribution is -0.160. The lowest BCUT2D eigenvalue weighted by Gasteiger charge is -2.46. The van der Waals surface area contributed by atoms with Crippen LogP contribution in [0.2, 0.25) is 0 Å². The van der Waals surface area contributed by atoms with Crippen molar-refractivity contribution < 1.29 is 42.4 Å². The van der Waals surface area contributed by atoms with Crippen molar-refractivity contribution in [1.29, 1.82) is 0 Å². The molecule has 12 heteroatoms. The van der Waals surface area contributed by atoms with Crippen LogP contribution in [0.3, 0.4) is 0 Å². The van der Waals surface area contributed by atoms with Gasteiger partial charge in [-0.3, -0.25) is 14.3 Å². The first-order chi connectivity index (χ1) is 23.6. The summed E-state index contributed by atoms with van der Waals surface area (Å²) in [5.74, 6) is 0.192. The molecule has 3 rings (SSSR count). The Hall–Kier alpha value is -3.40. The van der Waals surface area contributed by atoms with Crippen LogP contribution in [-0.2, 0) is 34.6 Å². The number of rotatable bonds is 12. The molecule has 2 unspecified atom stereocenters. The highest BCUT2D eigenvalue weighted by Gasteiger charge is 2.59. The van der Waals surface area contributed by atoms with Crippen molar-refractivity contribution in [2.24, 2.45) is 0 Å². The quantitative estimate of drug-likeness (QED) is 0.0906. The van der Waals surface area contributed by atoms with Crippen molar-refractivity contribution in [1.82, 2.24) is 9.80 Å². The van der Waals surface area contributed by atoms with Gasteiger partial charge in [-0.05, 0) is 117 Å². The average Bonchev–Trinajstić information content (AvgIpc) is 3.00. The van der Waals surface area contributed by atoms with Crippen LogP contribution < -0.4 is 4.74 Å². The SMILES string of the molecule is CCOP1(=O)CCN(Cc2ccccc2-c2ccc(OC)cc2)CC1(CCCCN(C(=O)OC(C)(C)C)C(=O)OC(C)(C)C)C(=O)OC(C)(C)C. The fourth-order valence-electron chi connectivity index (χ4n) is 6.03. The average molecular weight is 731 g/mol. The molecular weight excluding hydrogens is 671 g/mol. The number of benzene rings is 2. The van der Waals surface area contributed by atoms with Crippen LogP contribution >= 0.6 is 7.37 Å². The molecule has 0 saturated carbocycles. The van der Waals surface area contributed by atoms with E-state index in [2.05, 4.69) is 17.0 Å². The molecule has 284 valence electrons. The monoisotopic (exact) mass is 730 g/mol. The van der Waals surface area contributed by atoms with Crippen LogP contribution in [0.15, 0.2) is 48.5 Å². The number of amides is 2. The van der Waals surface area contributed by atoms with E-state index in [4.69, 9.17) is 23.5 Å². The summed E-state index contributed by atoms with van der Waals surface area (Å²) in [4.78, 5) is 43.7. The Morgan fingerprint density at radius 1 is 0.824 bits per heavy atom. The van der Waals surface area contributed by atoms with Gasteiger partial charge in [0.05, 0.1) is 13.7 Å². The fourth-order valence-corrected chi connectivity index (χ4v) is 9.04. The molecular formula is C39H59N2O9P. The van der Waals surface area contributed by atoms with E-state index >= 15 is 0 Å². The van der Waals surface area contributed by atoms with Crippen LogP contribution in [0.25, 0.3) is 11.1 Å². The van der Waals surface area contributed by atoms with Crippen molar-refractivity contribution >= 4 is 25.5 Å². The van der Waals surface area contributed by atoms with Gasteiger partial charge >= 0.3 is 18.2 Å². The Balaban J connectivity index is 1.95. The molecule has 1 fully saturated rings. The maximum Gasteiger partial charge on any atom is 0.419 e. The Morgan fingerprint density at radius 3 is 1.92 bits per heavy atom. The third kappa shape index (κ3) is 11.8. The zero-order valence-electron chi connectivity index (χ0n) is 32.5. The lowest BCUT2D eigenvalue weighted by Crippen LogP contribution is -2.56. The molecule has 2 atom stereocenters. The number of imide groups is 1. The topological polar surface area (TPSA) is 121 Å². The fraction of sp³-hybridized carbons (Fsp3) is 0.615. The summed E-state index contributed by atoms with van der Waals surface area (Å²) in [7, 11) is -1.97. The maximum atomic E-state index is 14.9. The highest BCUT2D eigenvalue weighted by molar-refractivity contribution is 7.62. The molecule has 51 heavy (non-hydrogen) atoms. The van der Waals surface area contributed by atoms with Gasteiger partial charge in [0.15, 0.2) is 5.16 Å². The van der Waals surface area contributed by atoms with Crippen LogP contribution in [-0.4, -0.2) is 89.4 Å². The van der Waals surface area contributed by atoms with Crippen molar-refractivity contribution in [3.63, 3.8) is 0 Å². The predicted octanol–water partition coefficient (Wildman–Crippen LogP) is 8.92. The van der Waals surface area contributed by atoms with Crippen LogP contribution in [0, 0.1) is 0 Å². The minimum atomic E-state index is -3.60. The molecule has 0 spiro atoms. The Bertz CT molecular complexity index is 1510. The van der Waals surface area contributed by atoms with Gasteiger partial charge in [-0.15, -0.1) is 0 Å². The molecule has 1 aliphatic heterocycles. The van der Waals surface area contributed by atoms with Gasteiger partial charge in [-0.1, -0.05) is 36.4 Å². The molecule has 1 heterocycles. The molecule has 0 aliphatic carbocycles. The summed E-state index contributed by atoms with van der Waals surface area (Å²) in [6.45, 7) is 18.7. The van der Waals surface area contributed by atoms with Crippen LogP contribution in [0.5, 0.6) is 5.75 Å².